The highest BCUT2D eigenvalue weighted by atomic mass is 29.6. The lowest BCUT2D eigenvalue weighted by molar-refractivity contribution is -0.135. The first-order valence-corrected chi connectivity index (χ1v) is 16.0. The summed E-state index contributed by atoms with van der Waals surface area (Å²) in [5.41, 5.74) is 0. The summed E-state index contributed by atoms with van der Waals surface area (Å²) in [4.78, 5) is 0. The summed E-state index contributed by atoms with van der Waals surface area (Å²) in [6.45, 7) is 0. The Morgan fingerprint density at radius 3 is 1.80 bits per heavy atom. The number of alkyl halides is 3. The van der Waals surface area contributed by atoms with Crippen LogP contribution in [0, 0.1) is 0 Å². The molecule has 0 saturated carbocycles. The van der Waals surface area contributed by atoms with Gasteiger partial charge in [-0.15, -0.1) is 0 Å². The largest absolute Gasteiger partial charge is 0.461 e. The van der Waals surface area contributed by atoms with Crippen LogP contribution in [-0.2, 0) is 13.3 Å². The molecule has 0 fully saturated rings. The number of rotatable bonds is 11. The Morgan fingerprint density at radius 1 is 0.900 bits per heavy atom. The van der Waals surface area contributed by atoms with Crippen molar-refractivity contribution in [3.63, 3.8) is 0 Å². The topological polar surface area (TPSA) is 27.7 Å². The van der Waals surface area contributed by atoms with Crippen molar-refractivity contribution in [3.05, 3.63) is 0 Å². The van der Waals surface area contributed by atoms with Gasteiger partial charge in [-0.1, -0.05) is 31.7 Å². The van der Waals surface area contributed by atoms with Gasteiger partial charge in [-0.3, -0.25) is 0 Å². The van der Waals surface area contributed by atoms with E-state index in [0.29, 0.717) is 6.42 Å². The molecule has 0 heterocycles. The van der Waals surface area contributed by atoms with E-state index in [9.17, 15) is 13.2 Å². The first-order chi connectivity index (χ1) is 9.31. The number of unbranched alkanes of at least 4 members (excludes halogenated alkanes) is 4. The molecule has 0 aliphatic carbocycles. The summed E-state index contributed by atoms with van der Waals surface area (Å²) in [6.07, 6.45) is -0.832. The lowest BCUT2D eigenvalue weighted by Crippen LogP contribution is -2.58. The van der Waals surface area contributed by atoms with Crippen LogP contribution in [0.4, 0.5) is 13.2 Å². The molecule has 0 rings (SSSR count). The fourth-order valence-corrected chi connectivity index (χ4v) is 18.2. The van der Waals surface area contributed by atoms with Crippen LogP contribution in [0.1, 0.15) is 38.5 Å². The molecule has 0 saturated heterocycles. The Bertz CT molecular complexity index is 243. The van der Waals surface area contributed by atoms with Crippen molar-refractivity contribution in [3.8, 4) is 0 Å². The van der Waals surface area contributed by atoms with Gasteiger partial charge in [0.1, 0.15) is 7.83 Å². The maximum absolute atomic E-state index is 12.0. The van der Waals surface area contributed by atoms with E-state index in [1.165, 1.54) is 0 Å². The summed E-state index contributed by atoms with van der Waals surface area (Å²) in [6, 6.07) is 1.10. The van der Waals surface area contributed by atoms with Gasteiger partial charge in [0.05, 0.1) is 0 Å². The first-order valence-electron chi connectivity index (χ1n) is 7.03. The normalized spacial score (nSPS) is 14.7. The third-order valence-electron chi connectivity index (χ3n) is 3.55. The Labute approximate surface area is 125 Å². The molecule has 0 aliphatic heterocycles. The van der Waals surface area contributed by atoms with Gasteiger partial charge in [0.25, 0.3) is 0 Å². The Hall–Kier alpha value is 0.321. The molecule has 0 bridgehead atoms. The second-order valence-corrected chi connectivity index (χ2v) is 22.6. The highest BCUT2D eigenvalue weighted by molar-refractivity contribution is 7.42. The fourth-order valence-electron chi connectivity index (χ4n) is 2.34. The third kappa shape index (κ3) is 7.93. The minimum atomic E-state index is -4.01. The predicted octanol–water partition coefficient (Wildman–Crippen LogP) is 1.93. The van der Waals surface area contributed by atoms with Crippen LogP contribution in [0.25, 0.3) is 0 Å². The summed E-state index contributed by atoms with van der Waals surface area (Å²) in [5, 5.41) is 0. The molecule has 1 unspecified atom stereocenters. The molecule has 3 nitrogen and oxygen atoms in total. The summed E-state index contributed by atoms with van der Waals surface area (Å²) < 4.78 is 52.4. The zero-order valence-electron chi connectivity index (χ0n) is 12.9. The van der Waals surface area contributed by atoms with E-state index < -0.39 is 28.8 Å². The highest BCUT2D eigenvalue weighted by Gasteiger charge is 2.44. The van der Waals surface area contributed by atoms with Crippen molar-refractivity contribution in [2.75, 3.05) is 21.3 Å². The zero-order valence-corrected chi connectivity index (χ0v) is 17.0. The second-order valence-electron chi connectivity index (χ2n) is 5.04. The van der Waals surface area contributed by atoms with E-state index in [-0.39, 0.29) is 6.42 Å². The smallest absolute Gasteiger partial charge is 0.380 e. The van der Waals surface area contributed by atoms with Gasteiger partial charge in [0.2, 0.25) is 0 Å². The quantitative estimate of drug-likeness (QED) is 0.422. The molecule has 0 aromatic rings. The third-order valence-corrected chi connectivity index (χ3v) is 22.4. The maximum Gasteiger partial charge on any atom is 0.461 e. The molecule has 1 atom stereocenters. The summed E-state index contributed by atoms with van der Waals surface area (Å²) >= 11 is 0. The highest BCUT2D eigenvalue weighted by Crippen LogP contribution is 2.23. The molecular weight excluding hydrogens is 321 g/mol. The van der Waals surface area contributed by atoms with E-state index >= 15 is 0 Å². The van der Waals surface area contributed by atoms with Gasteiger partial charge in [0, 0.05) is 37.5 Å². The lowest BCUT2D eigenvalue weighted by Gasteiger charge is -2.29. The van der Waals surface area contributed by atoms with Crippen LogP contribution in [0.2, 0.25) is 6.04 Å². The summed E-state index contributed by atoms with van der Waals surface area (Å²) in [5.74, 6) is 0. The van der Waals surface area contributed by atoms with Crippen molar-refractivity contribution in [2.45, 2.75) is 50.7 Å². The minimum absolute atomic E-state index is 0.248. The van der Waals surface area contributed by atoms with Crippen LogP contribution in [0.15, 0.2) is 0 Å². The van der Waals surface area contributed by atoms with Crippen LogP contribution >= 0.6 is 0 Å². The minimum Gasteiger partial charge on any atom is -0.380 e. The second kappa shape index (κ2) is 10.1. The molecule has 0 spiro atoms. The van der Waals surface area contributed by atoms with Gasteiger partial charge in [-0.05, 0) is 6.42 Å². The molecule has 0 aromatic heterocycles. The fraction of sp³-hybridized carbons (Fsp3) is 1.00. The molecule has 20 heavy (non-hydrogen) atoms. The number of hydrogen-bond acceptors (Lipinski definition) is 3. The van der Waals surface area contributed by atoms with Crippen molar-refractivity contribution in [1.29, 1.82) is 0 Å². The van der Waals surface area contributed by atoms with Gasteiger partial charge in [0.15, 0.2) is 0 Å². The average molecular weight is 349 g/mol. The van der Waals surface area contributed by atoms with E-state index in [0.717, 1.165) is 35.1 Å². The van der Waals surface area contributed by atoms with E-state index in [1.807, 2.05) is 0 Å². The zero-order chi connectivity index (χ0) is 15.6. The van der Waals surface area contributed by atoms with Crippen molar-refractivity contribution < 1.29 is 26.4 Å². The Balaban J connectivity index is 3.74. The maximum atomic E-state index is 12.0. The molecule has 0 aliphatic rings. The Morgan fingerprint density at radius 2 is 1.35 bits per heavy atom. The lowest BCUT2D eigenvalue weighted by atomic mass is 10.1. The summed E-state index contributed by atoms with van der Waals surface area (Å²) in [7, 11) is 2.53. The van der Waals surface area contributed by atoms with Crippen molar-refractivity contribution in [2.24, 2.45) is 0 Å². The van der Waals surface area contributed by atoms with E-state index in [2.05, 4.69) is 0 Å². The molecule has 0 aromatic carbocycles. The monoisotopic (exact) mass is 348 g/mol. The molecule has 122 valence electrons. The molecule has 0 N–H and O–H groups in total. The van der Waals surface area contributed by atoms with Gasteiger partial charge in [-0.2, -0.15) is 13.2 Å². The Kier molecular flexibility index (Phi) is 10.3. The van der Waals surface area contributed by atoms with Crippen molar-refractivity contribution in [1.82, 2.24) is 0 Å². The van der Waals surface area contributed by atoms with E-state index in [4.69, 9.17) is 13.3 Å². The number of hydrogen-bond donors (Lipinski definition) is 0. The van der Waals surface area contributed by atoms with Crippen LogP contribution in [0.3, 0.4) is 0 Å². The first kappa shape index (κ1) is 20.3. The molecule has 0 amide bonds. The molecule has 9 heteroatoms. The number of halogens is 3. The van der Waals surface area contributed by atoms with Crippen LogP contribution in [-0.4, -0.2) is 53.4 Å². The van der Waals surface area contributed by atoms with Crippen LogP contribution < -0.4 is 0 Å². The van der Waals surface area contributed by atoms with Crippen molar-refractivity contribution >= 4 is 25.9 Å². The SMILES string of the molecule is CO[Si](OC)(OC)[SiH]([SiH3])CCCCCCCC(F)(F)F. The van der Waals surface area contributed by atoms with Gasteiger partial charge in [-0.25, -0.2) is 0 Å². The molecule has 0 radical (unpaired) electrons. The van der Waals surface area contributed by atoms with Crippen LogP contribution in [0.5, 0.6) is 0 Å². The average Bonchev–Trinajstić information content (AvgIpc) is 2.39. The predicted molar refractivity (Wildman–Crippen MR) is 82.4 cm³/mol. The van der Waals surface area contributed by atoms with E-state index in [1.54, 1.807) is 21.3 Å². The molecular formula is C11H27F3O3Si3. The van der Waals surface area contributed by atoms with Gasteiger partial charge >= 0.3 is 14.5 Å². The van der Waals surface area contributed by atoms with Gasteiger partial charge < -0.3 is 13.3 Å². The standard InChI is InChI=1S/C11H27F3O3Si3/c1-15-20(16-2,17-3)19(18)10-8-6-4-5-7-9-11(12,13)14/h19H,4-10H2,1-3,18H3.